The first kappa shape index (κ1) is 13.0. The van der Waals surface area contributed by atoms with Crippen LogP contribution in [0.5, 0.6) is 11.5 Å². The van der Waals surface area contributed by atoms with Gasteiger partial charge in [0.25, 0.3) is 0 Å². The maximum atomic E-state index is 12.0. The lowest BCUT2D eigenvalue weighted by Crippen LogP contribution is -2.24. The highest BCUT2D eigenvalue weighted by atomic mass is 19.4. The number of phenols is 1. The van der Waals surface area contributed by atoms with Crippen molar-refractivity contribution in [3.63, 3.8) is 0 Å². The number of nitrogens with one attached hydrogen (secondary N) is 1. The number of fused-ring (bicyclic) bond motifs is 1. The second-order valence-corrected chi connectivity index (χ2v) is 4.26. The number of ether oxygens (including phenoxy) is 1. The van der Waals surface area contributed by atoms with Crippen LogP contribution in [0.3, 0.4) is 0 Å². The van der Waals surface area contributed by atoms with Gasteiger partial charge in [0.05, 0.1) is 6.04 Å². The lowest BCUT2D eigenvalue weighted by molar-refractivity contribution is -0.135. The quantitative estimate of drug-likeness (QED) is 0.819. The minimum Gasteiger partial charge on any atom is -0.508 e. The summed E-state index contributed by atoms with van der Waals surface area (Å²) >= 11 is 0. The van der Waals surface area contributed by atoms with E-state index in [1.807, 2.05) is 0 Å². The number of benzene rings is 1. The summed E-state index contributed by atoms with van der Waals surface area (Å²) < 4.78 is 41.2. The predicted octanol–water partition coefficient (Wildman–Crippen LogP) is 2.76. The molecule has 1 aromatic rings. The Morgan fingerprint density at radius 2 is 2.17 bits per heavy atom. The van der Waals surface area contributed by atoms with Crippen LogP contribution in [0.25, 0.3) is 0 Å². The molecule has 0 saturated carbocycles. The Kier molecular flexibility index (Phi) is 3.65. The minimum absolute atomic E-state index is 0.0490. The number of hydrogen-bond donors (Lipinski definition) is 2. The van der Waals surface area contributed by atoms with Gasteiger partial charge in [-0.05, 0) is 25.1 Å². The summed E-state index contributed by atoms with van der Waals surface area (Å²) in [5.41, 5.74) is 0.875. The number of rotatable bonds is 4. The van der Waals surface area contributed by atoms with Crippen LogP contribution in [-0.4, -0.2) is 24.4 Å². The van der Waals surface area contributed by atoms with Crippen molar-refractivity contribution in [1.82, 2.24) is 5.32 Å². The van der Waals surface area contributed by atoms with Gasteiger partial charge in [0.1, 0.15) is 18.1 Å². The second-order valence-electron chi connectivity index (χ2n) is 4.26. The van der Waals surface area contributed by atoms with Crippen LogP contribution in [0.15, 0.2) is 18.2 Å². The van der Waals surface area contributed by atoms with E-state index in [-0.39, 0.29) is 24.8 Å². The van der Waals surface area contributed by atoms with Crippen LogP contribution in [-0.2, 0) is 0 Å². The summed E-state index contributed by atoms with van der Waals surface area (Å²) in [7, 11) is 0. The third kappa shape index (κ3) is 3.29. The molecule has 1 aliphatic rings. The SMILES string of the molecule is Oc1ccc2c(c1)OCC2NCCCC(F)(F)F. The molecule has 100 valence electrons. The number of hydrogen-bond acceptors (Lipinski definition) is 3. The fraction of sp³-hybridized carbons (Fsp3) is 0.500. The normalized spacial score (nSPS) is 18.5. The lowest BCUT2D eigenvalue weighted by atomic mass is 10.1. The Morgan fingerprint density at radius 3 is 2.89 bits per heavy atom. The molecule has 0 bridgehead atoms. The summed E-state index contributed by atoms with van der Waals surface area (Å²) in [5.74, 6) is 0.704. The molecule has 0 aliphatic carbocycles. The van der Waals surface area contributed by atoms with Crippen molar-refractivity contribution < 1.29 is 23.0 Å². The zero-order chi connectivity index (χ0) is 13.2. The average molecular weight is 261 g/mol. The van der Waals surface area contributed by atoms with Gasteiger partial charge >= 0.3 is 6.18 Å². The molecule has 1 aliphatic heterocycles. The standard InChI is InChI=1S/C12H14F3NO2/c13-12(14,15)4-1-5-16-10-7-18-11-6-8(17)2-3-9(10)11/h2-3,6,10,16-17H,1,4-5,7H2. The van der Waals surface area contributed by atoms with Gasteiger partial charge in [-0.2, -0.15) is 13.2 Å². The fourth-order valence-corrected chi connectivity index (χ4v) is 1.93. The van der Waals surface area contributed by atoms with Gasteiger partial charge in [0.2, 0.25) is 0 Å². The van der Waals surface area contributed by atoms with Gasteiger partial charge in [0, 0.05) is 18.1 Å². The van der Waals surface area contributed by atoms with Crippen molar-refractivity contribution in [2.24, 2.45) is 0 Å². The highest BCUT2D eigenvalue weighted by molar-refractivity contribution is 5.44. The first-order valence-electron chi connectivity index (χ1n) is 5.71. The molecule has 1 atom stereocenters. The smallest absolute Gasteiger partial charge is 0.389 e. The molecule has 0 amide bonds. The molecule has 2 rings (SSSR count). The highest BCUT2D eigenvalue weighted by Gasteiger charge is 2.27. The molecule has 1 aromatic carbocycles. The summed E-state index contributed by atoms with van der Waals surface area (Å²) in [6.45, 7) is 0.665. The van der Waals surface area contributed by atoms with E-state index in [0.29, 0.717) is 12.4 Å². The fourth-order valence-electron chi connectivity index (χ4n) is 1.93. The van der Waals surface area contributed by atoms with Crippen molar-refractivity contribution in [3.05, 3.63) is 23.8 Å². The van der Waals surface area contributed by atoms with E-state index >= 15 is 0 Å². The Hall–Kier alpha value is -1.43. The minimum atomic E-state index is -4.10. The number of alkyl halides is 3. The first-order chi connectivity index (χ1) is 8.46. The van der Waals surface area contributed by atoms with Crippen molar-refractivity contribution in [2.45, 2.75) is 25.1 Å². The molecule has 1 heterocycles. The highest BCUT2D eigenvalue weighted by Crippen LogP contribution is 2.34. The first-order valence-corrected chi connectivity index (χ1v) is 5.71. The molecule has 0 spiro atoms. The molecule has 0 radical (unpaired) electrons. The Morgan fingerprint density at radius 1 is 1.39 bits per heavy atom. The zero-order valence-corrected chi connectivity index (χ0v) is 9.63. The van der Waals surface area contributed by atoms with Gasteiger partial charge < -0.3 is 15.2 Å². The van der Waals surface area contributed by atoms with Gasteiger partial charge in [-0.15, -0.1) is 0 Å². The van der Waals surface area contributed by atoms with Gasteiger partial charge in [-0.25, -0.2) is 0 Å². The monoisotopic (exact) mass is 261 g/mol. The van der Waals surface area contributed by atoms with E-state index in [2.05, 4.69) is 5.32 Å². The van der Waals surface area contributed by atoms with Gasteiger partial charge in [-0.1, -0.05) is 0 Å². The van der Waals surface area contributed by atoms with Gasteiger partial charge in [-0.3, -0.25) is 0 Å². The average Bonchev–Trinajstić information content (AvgIpc) is 2.65. The van der Waals surface area contributed by atoms with E-state index in [1.54, 1.807) is 6.07 Å². The molecule has 1 unspecified atom stereocenters. The van der Waals surface area contributed by atoms with Crippen LogP contribution in [0.4, 0.5) is 13.2 Å². The van der Waals surface area contributed by atoms with E-state index in [0.717, 1.165) is 5.56 Å². The summed E-state index contributed by atoms with van der Waals surface area (Å²) in [6, 6.07) is 4.66. The zero-order valence-electron chi connectivity index (χ0n) is 9.63. The Balaban J connectivity index is 1.83. The van der Waals surface area contributed by atoms with Crippen molar-refractivity contribution >= 4 is 0 Å². The van der Waals surface area contributed by atoms with Crippen molar-refractivity contribution in [3.8, 4) is 11.5 Å². The third-order valence-corrected chi connectivity index (χ3v) is 2.81. The topological polar surface area (TPSA) is 41.5 Å². The Labute approximate surface area is 103 Å². The maximum absolute atomic E-state index is 12.0. The third-order valence-electron chi connectivity index (χ3n) is 2.81. The van der Waals surface area contributed by atoms with Crippen LogP contribution >= 0.6 is 0 Å². The molecule has 0 aromatic heterocycles. The molecule has 3 nitrogen and oxygen atoms in total. The predicted molar refractivity (Wildman–Crippen MR) is 59.6 cm³/mol. The van der Waals surface area contributed by atoms with Gasteiger partial charge in [0.15, 0.2) is 0 Å². The molecular formula is C12H14F3NO2. The molecule has 18 heavy (non-hydrogen) atoms. The van der Waals surface area contributed by atoms with E-state index in [4.69, 9.17) is 4.74 Å². The van der Waals surface area contributed by atoms with E-state index in [1.165, 1.54) is 12.1 Å². The lowest BCUT2D eigenvalue weighted by Gasteiger charge is -2.12. The summed E-state index contributed by atoms with van der Waals surface area (Å²) in [4.78, 5) is 0. The molecule has 2 N–H and O–H groups in total. The van der Waals surface area contributed by atoms with Crippen LogP contribution in [0, 0.1) is 0 Å². The maximum Gasteiger partial charge on any atom is 0.389 e. The summed E-state index contributed by atoms with van der Waals surface area (Å²) in [5, 5.41) is 12.3. The van der Waals surface area contributed by atoms with Crippen molar-refractivity contribution in [2.75, 3.05) is 13.2 Å². The molecule has 0 saturated heterocycles. The number of aromatic hydroxyl groups is 1. The summed E-state index contributed by atoms with van der Waals surface area (Å²) in [6.07, 6.45) is -4.83. The number of halogens is 3. The second kappa shape index (κ2) is 5.06. The number of phenolic OH excluding ortho intramolecular Hbond substituents is 1. The van der Waals surface area contributed by atoms with Crippen LogP contribution in [0.2, 0.25) is 0 Å². The molecule has 6 heteroatoms. The largest absolute Gasteiger partial charge is 0.508 e. The molecule has 0 fully saturated rings. The van der Waals surface area contributed by atoms with Crippen LogP contribution < -0.4 is 10.1 Å². The molecular weight excluding hydrogens is 247 g/mol. The van der Waals surface area contributed by atoms with E-state index < -0.39 is 12.6 Å². The van der Waals surface area contributed by atoms with E-state index in [9.17, 15) is 18.3 Å². The van der Waals surface area contributed by atoms with Crippen molar-refractivity contribution in [1.29, 1.82) is 0 Å². The Bertz CT molecular complexity index is 420. The van der Waals surface area contributed by atoms with Crippen LogP contribution in [0.1, 0.15) is 24.4 Å².